The molecule has 0 spiro atoms. The van der Waals surface area contributed by atoms with E-state index in [0.29, 0.717) is 39.6 Å². The van der Waals surface area contributed by atoms with Crippen molar-refractivity contribution in [2.45, 2.75) is 70.6 Å². The summed E-state index contributed by atoms with van der Waals surface area (Å²) in [6.07, 6.45) is 1.15. The van der Waals surface area contributed by atoms with E-state index in [0.717, 1.165) is 24.4 Å². The third-order valence-corrected chi connectivity index (χ3v) is 23.6. The largest absolute Gasteiger partial charge is 0.395 e. The fourth-order valence-corrected chi connectivity index (χ4v) is 28.4. The van der Waals surface area contributed by atoms with Crippen LogP contribution in [0.25, 0.3) is 0 Å². The lowest BCUT2D eigenvalue weighted by molar-refractivity contribution is 0.125. The quantitative estimate of drug-likeness (QED) is 0.296. The van der Waals surface area contributed by atoms with Crippen molar-refractivity contribution < 1.29 is 31.3 Å². The van der Waals surface area contributed by atoms with Crippen LogP contribution in [-0.4, -0.2) is 78.0 Å². The van der Waals surface area contributed by atoms with Crippen molar-refractivity contribution in [1.82, 2.24) is 0 Å². The zero-order chi connectivity index (χ0) is 20.7. The SMILES string of the molecule is CCO[Si]1(OCC)C[Si](OCC)(OCC)C(CC2CO2)[Si](OCC)(OCC)C1. The van der Waals surface area contributed by atoms with Crippen LogP contribution in [0, 0.1) is 0 Å². The average molecular weight is 453 g/mol. The molecule has 0 aliphatic carbocycles. The van der Waals surface area contributed by atoms with Gasteiger partial charge in [0.15, 0.2) is 0 Å². The summed E-state index contributed by atoms with van der Waals surface area (Å²) in [5.41, 5.74) is 1.55. The van der Waals surface area contributed by atoms with Crippen molar-refractivity contribution >= 4 is 25.7 Å². The smallest absolute Gasteiger partial charge is 0.345 e. The molecule has 0 aromatic rings. The molecule has 0 saturated carbocycles. The summed E-state index contributed by atoms with van der Waals surface area (Å²) in [5.74, 6) is 0. The van der Waals surface area contributed by atoms with E-state index >= 15 is 0 Å². The van der Waals surface area contributed by atoms with E-state index in [1.807, 2.05) is 41.5 Å². The molecule has 2 fully saturated rings. The zero-order valence-electron chi connectivity index (χ0n) is 18.6. The second-order valence-corrected chi connectivity index (χ2v) is 18.8. The highest BCUT2D eigenvalue weighted by atomic mass is 28.5. The molecule has 1 atom stereocenters. The first-order chi connectivity index (χ1) is 13.5. The maximum absolute atomic E-state index is 6.56. The lowest BCUT2D eigenvalue weighted by Crippen LogP contribution is -2.73. The van der Waals surface area contributed by atoms with Crippen LogP contribution >= 0.6 is 0 Å². The predicted octanol–water partition coefficient (Wildman–Crippen LogP) is 3.32. The highest BCUT2D eigenvalue weighted by Gasteiger charge is 2.72. The predicted molar refractivity (Wildman–Crippen MR) is 115 cm³/mol. The number of epoxide rings is 1. The maximum atomic E-state index is 6.56. The molecule has 2 saturated heterocycles. The van der Waals surface area contributed by atoms with Gasteiger partial charge < -0.3 is 31.3 Å². The van der Waals surface area contributed by atoms with E-state index in [1.54, 1.807) is 0 Å². The molecule has 166 valence electrons. The second kappa shape index (κ2) is 11.1. The summed E-state index contributed by atoms with van der Waals surface area (Å²) in [6.45, 7) is 16.7. The fourth-order valence-electron chi connectivity index (χ4n) is 4.66. The minimum atomic E-state index is -2.71. The minimum absolute atomic E-state index is 0.147. The second-order valence-electron chi connectivity index (χ2n) is 7.23. The standard InChI is InChI=1S/C18H40O7Si3/c1-7-20-26(21-8-2)15-27(22-9-3,23-10-4)18(13-17-14-19-17)28(16-26,24-11-5)25-12-6/h17-18H,7-16H2,1-6H3. The van der Waals surface area contributed by atoms with Crippen LogP contribution in [0.4, 0.5) is 0 Å². The van der Waals surface area contributed by atoms with Crippen LogP contribution < -0.4 is 0 Å². The minimum Gasteiger partial charge on any atom is -0.395 e. The van der Waals surface area contributed by atoms with Crippen LogP contribution in [0.2, 0.25) is 16.5 Å². The van der Waals surface area contributed by atoms with Gasteiger partial charge in [0.25, 0.3) is 0 Å². The Bertz CT molecular complexity index is 418. The number of ether oxygens (including phenoxy) is 1. The fraction of sp³-hybridized carbons (Fsp3) is 1.00. The van der Waals surface area contributed by atoms with Crippen LogP contribution in [0.3, 0.4) is 0 Å². The van der Waals surface area contributed by atoms with Crippen LogP contribution in [0.5, 0.6) is 0 Å². The molecule has 1 unspecified atom stereocenters. The van der Waals surface area contributed by atoms with Gasteiger partial charge in [0, 0.05) is 56.1 Å². The van der Waals surface area contributed by atoms with Gasteiger partial charge in [0.1, 0.15) is 0 Å². The summed E-state index contributed by atoms with van der Waals surface area (Å²) < 4.78 is 44.7. The van der Waals surface area contributed by atoms with Gasteiger partial charge in [-0.3, -0.25) is 0 Å². The molecular formula is C18H40O7Si3. The number of hydrogen-bond donors (Lipinski definition) is 0. The Kier molecular flexibility index (Phi) is 9.79. The average Bonchev–Trinajstić information content (AvgIpc) is 3.44. The van der Waals surface area contributed by atoms with E-state index in [-0.39, 0.29) is 11.3 Å². The Morgan fingerprint density at radius 3 is 1.29 bits per heavy atom. The van der Waals surface area contributed by atoms with Gasteiger partial charge in [0.05, 0.1) is 12.7 Å². The van der Waals surface area contributed by atoms with Crippen molar-refractivity contribution in [3.8, 4) is 0 Å². The van der Waals surface area contributed by atoms with Crippen molar-refractivity contribution in [2.24, 2.45) is 0 Å². The molecule has 7 nitrogen and oxygen atoms in total. The summed E-state index contributed by atoms with van der Waals surface area (Å²) in [4.78, 5) is 0. The molecule has 0 amide bonds. The third-order valence-electron chi connectivity index (χ3n) is 5.36. The Labute approximate surface area is 174 Å². The van der Waals surface area contributed by atoms with Crippen LogP contribution in [0.1, 0.15) is 48.0 Å². The summed E-state index contributed by atoms with van der Waals surface area (Å²) in [6, 6.07) is 0. The molecule has 0 N–H and O–H groups in total. The molecule has 2 rings (SSSR count). The summed E-state index contributed by atoms with van der Waals surface area (Å²) >= 11 is 0. The molecule has 2 aliphatic heterocycles. The summed E-state index contributed by atoms with van der Waals surface area (Å²) in [7, 11) is -8.01. The third kappa shape index (κ3) is 5.54. The molecule has 0 aromatic carbocycles. The highest BCUT2D eigenvalue weighted by molar-refractivity contribution is 7.05. The lowest BCUT2D eigenvalue weighted by Gasteiger charge is -2.53. The summed E-state index contributed by atoms with van der Waals surface area (Å²) in [5, 5.41) is 0.147. The van der Waals surface area contributed by atoms with Crippen LogP contribution in [-0.2, 0) is 31.3 Å². The van der Waals surface area contributed by atoms with E-state index < -0.39 is 25.7 Å². The van der Waals surface area contributed by atoms with Crippen molar-refractivity contribution in [1.29, 1.82) is 0 Å². The monoisotopic (exact) mass is 452 g/mol. The van der Waals surface area contributed by atoms with Gasteiger partial charge in [-0.1, -0.05) is 0 Å². The molecular weight excluding hydrogens is 412 g/mol. The van der Waals surface area contributed by atoms with Gasteiger partial charge in [0.2, 0.25) is 0 Å². The van der Waals surface area contributed by atoms with E-state index in [4.69, 9.17) is 31.3 Å². The Balaban J connectivity index is 2.57. The van der Waals surface area contributed by atoms with Gasteiger partial charge >= 0.3 is 25.7 Å². The molecule has 28 heavy (non-hydrogen) atoms. The molecule has 0 aromatic heterocycles. The Morgan fingerprint density at radius 1 is 0.643 bits per heavy atom. The Hall–Kier alpha value is 0.371. The molecule has 0 radical (unpaired) electrons. The Morgan fingerprint density at radius 2 is 1.00 bits per heavy atom. The highest BCUT2D eigenvalue weighted by Crippen LogP contribution is 2.52. The maximum Gasteiger partial charge on any atom is 0.345 e. The van der Waals surface area contributed by atoms with Gasteiger partial charge in [-0.25, -0.2) is 0 Å². The van der Waals surface area contributed by atoms with E-state index in [2.05, 4.69) is 0 Å². The molecule has 10 heteroatoms. The van der Waals surface area contributed by atoms with Crippen molar-refractivity contribution in [3.05, 3.63) is 0 Å². The van der Waals surface area contributed by atoms with E-state index in [9.17, 15) is 0 Å². The van der Waals surface area contributed by atoms with Crippen molar-refractivity contribution in [3.63, 3.8) is 0 Å². The number of hydrogen-bond acceptors (Lipinski definition) is 7. The topological polar surface area (TPSA) is 67.9 Å². The molecule has 0 bridgehead atoms. The van der Waals surface area contributed by atoms with Gasteiger partial charge in [-0.2, -0.15) is 0 Å². The zero-order valence-corrected chi connectivity index (χ0v) is 21.6. The van der Waals surface area contributed by atoms with Crippen LogP contribution in [0.15, 0.2) is 0 Å². The van der Waals surface area contributed by atoms with Gasteiger partial charge in [-0.05, 0) is 48.0 Å². The first-order valence-electron chi connectivity index (χ1n) is 10.9. The molecule has 2 heterocycles. The lowest BCUT2D eigenvalue weighted by atomic mass is 10.4. The molecule has 2 aliphatic rings. The first-order valence-corrected chi connectivity index (χ1v) is 17.4. The van der Waals surface area contributed by atoms with Gasteiger partial charge in [-0.15, -0.1) is 0 Å². The first kappa shape index (κ1) is 24.6. The number of rotatable bonds is 14. The normalized spacial score (nSPS) is 25.7. The van der Waals surface area contributed by atoms with Crippen molar-refractivity contribution in [2.75, 3.05) is 46.2 Å². The van der Waals surface area contributed by atoms with E-state index in [1.165, 1.54) is 0 Å².